The zero-order valence-corrected chi connectivity index (χ0v) is 15.5. The van der Waals surface area contributed by atoms with Gasteiger partial charge in [0.1, 0.15) is 5.76 Å². The molecule has 1 N–H and O–H groups in total. The predicted molar refractivity (Wildman–Crippen MR) is 107 cm³/mol. The maximum absolute atomic E-state index is 12.2. The van der Waals surface area contributed by atoms with Crippen LogP contribution in [0.2, 0.25) is 0 Å². The van der Waals surface area contributed by atoms with E-state index in [0.29, 0.717) is 15.8 Å². The molecular weight excluding hydrogens is 346 g/mol. The van der Waals surface area contributed by atoms with E-state index in [1.54, 1.807) is 6.08 Å². The van der Waals surface area contributed by atoms with Crippen LogP contribution in [0, 0.1) is 0 Å². The van der Waals surface area contributed by atoms with Gasteiger partial charge >= 0.3 is 0 Å². The van der Waals surface area contributed by atoms with Crippen molar-refractivity contribution in [2.75, 3.05) is 18.0 Å². The van der Waals surface area contributed by atoms with Gasteiger partial charge in [-0.1, -0.05) is 19.1 Å². The van der Waals surface area contributed by atoms with Crippen molar-refractivity contribution in [2.24, 2.45) is 4.99 Å². The molecule has 0 aliphatic carbocycles. The quantitative estimate of drug-likeness (QED) is 0.817. The van der Waals surface area contributed by atoms with Gasteiger partial charge in [0, 0.05) is 25.2 Å². The number of carbonyl (C=O) groups is 1. The molecule has 0 radical (unpaired) electrons. The van der Waals surface area contributed by atoms with Gasteiger partial charge in [-0.15, -0.1) is 0 Å². The minimum atomic E-state index is -0.141. The molecule has 4 rings (SSSR count). The highest BCUT2D eigenvalue weighted by atomic mass is 32.2. The van der Waals surface area contributed by atoms with E-state index in [9.17, 15) is 4.79 Å². The molecule has 3 heterocycles. The Labute approximate surface area is 157 Å². The smallest absolute Gasteiger partial charge is 0.264 e. The summed E-state index contributed by atoms with van der Waals surface area (Å²) >= 11 is 1.34. The van der Waals surface area contributed by atoms with Crippen molar-refractivity contribution in [3.05, 3.63) is 52.6 Å². The number of rotatable bonds is 4. The van der Waals surface area contributed by atoms with Crippen LogP contribution in [0.25, 0.3) is 6.08 Å². The van der Waals surface area contributed by atoms with E-state index in [-0.39, 0.29) is 5.91 Å². The van der Waals surface area contributed by atoms with E-state index >= 15 is 0 Å². The summed E-state index contributed by atoms with van der Waals surface area (Å²) in [7, 11) is 0. The minimum Gasteiger partial charge on any atom is -0.441 e. The lowest BCUT2D eigenvalue weighted by Crippen LogP contribution is -2.19. The molecule has 0 saturated carbocycles. The van der Waals surface area contributed by atoms with Crippen LogP contribution in [-0.4, -0.2) is 24.2 Å². The zero-order chi connectivity index (χ0) is 17.9. The normalized spacial score (nSPS) is 20.3. The molecule has 1 amide bonds. The number of hydrogen-bond donors (Lipinski definition) is 1. The molecule has 0 spiro atoms. The molecule has 2 aromatic rings. The highest BCUT2D eigenvalue weighted by Crippen LogP contribution is 2.30. The van der Waals surface area contributed by atoms with Gasteiger partial charge in [0.2, 0.25) is 0 Å². The first-order chi connectivity index (χ1) is 12.7. The molecule has 2 aliphatic rings. The molecule has 1 aromatic carbocycles. The van der Waals surface area contributed by atoms with Crippen molar-refractivity contribution in [3.63, 3.8) is 0 Å². The summed E-state index contributed by atoms with van der Waals surface area (Å²) in [5, 5.41) is 3.41. The maximum atomic E-state index is 12.2. The number of amidine groups is 1. The van der Waals surface area contributed by atoms with Crippen LogP contribution in [0.15, 0.2) is 50.7 Å². The number of aryl methyl sites for hydroxylation is 1. The van der Waals surface area contributed by atoms with Crippen molar-refractivity contribution < 1.29 is 9.21 Å². The fraction of sp³-hybridized carbons (Fsp3) is 0.300. The van der Waals surface area contributed by atoms with E-state index in [1.165, 1.54) is 30.2 Å². The largest absolute Gasteiger partial charge is 0.441 e. The molecule has 6 heteroatoms. The van der Waals surface area contributed by atoms with Crippen LogP contribution in [0.3, 0.4) is 0 Å². The van der Waals surface area contributed by atoms with Gasteiger partial charge in [-0.25, -0.2) is 4.99 Å². The summed E-state index contributed by atoms with van der Waals surface area (Å²) in [6, 6.07) is 11.9. The number of hydrogen-bond acceptors (Lipinski definition) is 5. The number of amides is 1. The monoisotopic (exact) mass is 367 g/mol. The average molecular weight is 367 g/mol. The molecule has 0 unspecified atom stereocenters. The van der Waals surface area contributed by atoms with Crippen molar-refractivity contribution in [1.29, 1.82) is 0 Å². The molecule has 0 atom stereocenters. The van der Waals surface area contributed by atoms with Gasteiger partial charge in [-0.3, -0.25) is 4.79 Å². The van der Waals surface area contributed by atoms with Crippen LogP contribution in [-0.2, 0) is 11.2 Å². The third kappa shape index (κ3) is 3.70. The molecule has 5 nitrogen and oxygen atoms in total. The van der Waals surface area contributed by atoms with E-state index in [0.717, 1.165) is 31.1 Å². The number of furan rings is 1. The fourth-order valence-electron chi connectivity index (χ4n) is 3.06. The van der Waals surface area contributed by atoms with Crippen LogP contribution in [0.4, 0.5) is 11.6 Å². The second-order valence-electron chi connectivity index (χ2n) is 6.37. The Morgan fingerprint density at radius 1 is 1.19 bits per heavy atom. The lowest BCUT2D eigenvalue weighted by Gasteiger charge is -2.12. The van der Waals surface area contributed by atoms with E-state index in [4.69, 9.17) is 4.42 Å². The number of benzene rings is 1. The van der Waals surface area contributed by atoms with Gasteiger partial charge < -0.3 is 14.6 Å². The van der Waals surface area contributed by atoms with E-state index < -0.39 is 0 Å². The van der Waals surface area contributed by atoms with Gasteiger partial charge in [-0.05, 0) is 54.8 Å². The number of thioether (sulfide) groups is 1. The summed E-state index contributed by atoms with van der Waals surface area (Å²) in [5.41, 5.74) is 2.10. The number of nitrogens with one attached hydrogen (secondary N) is 1. The highest BCUT2D eigenvalue weighted by molar-refractivity contribution is 8.18. The van der Waals surface area contributed by atoms with E-state index in [1.807, 2.05) is 24.3 Å². The van der Waals surface area contributed by atoms with Crippen molar-refractivity contribution in [1.82, 2.24) is 5.32 Å². The first-order valence-corrected chi connectivity index (χ1v) is 9.76. The first kappa shape index (κ1) is 17.0. The van der Waals surface area contributed by atoms with Crippen molar-refractivity contribution in [2.45, 2.75) is 26.2 Å². The predicted octanol–water partition coefficient (Wildman–Crippen LogP) is 4.33. The molecule has 0 bridgehead atoms. The van der Waals surface area contributed by atoms with Crippen LogP contribution < -0.4 is 10.2 Å². The lowest BCUT2D eigenvalue weighted by molar-refractivity contribution is -0.115. The fourth-order valence-corrected chi connectivity index (χ4v) is 3.88. The van der Waals surface area contributed by atoms with Gasteiger partial charge in [0.05, 0.1) is 10.6 Å². The lowest BCUT2D eigenvalue weighted by atomic mass is 10.2. The Balaban J connectivity index is 1.48. The van der Waals surface area contributed by atoms with Crippen LogP contribution in [0.5, 0.6) is 0 Å². The topological polar surface area (TPSA) is 57.8 Å². The second kappa shape index (κ2) is 7.41. The average Bonchev–Trinajstić information content (AvgIpc) is 3.38. The molecule has 2 aliphatic heterocycles. The van der Waals surface area contributed by atoms with Gasteiger partial charge in [-0.2, -0.15) is 0 Å². The molecule has 26 heavy (non-hydrogen) atoms. The number of carbonyl (C=O) groups excluding carboxylic acids is 1. The second-order valence-corrected chi connectivity index (χ2v) is 7.40. The van der Waals surface area contributed by atoms with Crippen molar-refractivity contribution in [3.8, 4) is 0 Å². The Hall–Kier alpha value is -2.47. The highest BCUT2D eigenvalue weighted by Gasteiger charge is 2.24. The summed E-state index contributed by atoms with van der Waals surface area (Å²) in [5.74, 6) is 1.43. The minimum absolute atomic E-state index is 0.141. The Bertz CT molecular complexity index is 861. The maximum Gasteiger partial charge on any atom is 0.264 e. The molecular formula is C20H21N3O2S. The molecule has 2 fully saturated rings. The third-order valence-electron chi connectivity index (χ3n) is 4.53. The Kier molecular flexibility index (Phi) is 4.84. The third-order valence-corrected chi connectivity index (χ3v) is 5.44. The number of anilines is 1. The van der Waals surface area contributed by atoms with Gasteiger partial charge in [0.25, 0.3) is 5.91 Å². The standard InChI is InChI=1S/C20H21N3O2S/c1-2-14-5-7-15(8-6-14)21-20-22-19(24)17(26-20)13-16-9-10-18(25-16)23-11-3-4-12-23/h5-10,13H,2-4,11-12H2,1H3,(H,21,22,24)/b17-13+. The SMILES string of the molecule is CCc1ccc(N=C2NC(=O)/C(=C\c3ccc(N4CCCC4)o3)S2)cc1. The summed E-state index contributed by atoms with van der Waals surface area (Å²) in [6.45, 7) is 4.19. The summed E-state index contributed by atoms with van der Waals surface area (Å²) < 4.78 is 5.87. The van der Waals surface area contributed by atoms with Crippen LogP contribution >= 0.6 is 11.8 Å². The molecule has 1 aromatic heterocycles. The van der Waals surface area contributed by atoms with Crippen LogP contribution in [0.1, 0.15) is 31.1 Å². The first-order valence-electron chi connectivity index (χ1n) is 8.94. The van der Waals surface area contributed by atoms with Gasteiger partial charge in [0.15, 0.2) is 11.1 Å². The molecule has 134 valence electrons. The number of aliphatic imine (C=N–C) groups is 1. The van der Waals surface area contributed by atoms with Crippen molar-refractivity contribution >= 4 is 40.5 Å². The molecule has 2 saturated heterocycles. The van der Waals surface area contributed by atoms with E-state index in [2.05, 4.69) is 34.3 Å². The number of nitrogens with zero attached hydrogens (tertiary/aromatic N) is 2. The summed E-state index contributed by atoms with van der Waals surface area (Å²) in [4.78, 5) is 19.5. The Morgan fingerprint density at radius 2 is 1.96 bits per heavy atom. The Morgan fingerprint density at radius 3 is 2.69 bits per heavy atom. The zero-order valence-electron chi connectivity index (χ0n) is 14.7. The summed E-state index contributed by atoms with van der Waals surface area (Å²) in [6.07, 6.45) is 5.18.